The Balaban J connectivity index is 0.922. The zero-order valence-corrected chi connectivity index (χ0v) is 32.9. The quantitative estimate of drug-likeness (QED) is 0.148. The number of hydrogen-bond donors (Lipinski definition) is 2. The van der Waals surface area contributed by atoms with Crippen molar-refractivity contribution in [1.82, 2.24) is 25.1 Å². The Bertz CT molecular complexity index is 2200. The van der Waals surface area contributed by atoms with E-state index in [9.17, 15) is 19.5 Å². The van der Waals surface area contributed by atoms with Crippen LogP contribution in [0.2, 0.25) is 0 Å². The van der Waals surface area contributed by atoms with Crippen molar-refractivity contribution in [2.75, 3.05) is 37.6 Å². The Hall–Kier alpha value is -5.99. The number of likely N-dealkylation sites (tertiary alicyclic amines) is 1. The molecule has 0 spiro atoms. The average molecular weight is 797 g/mol. The second-order valence-electron chi connectivity index (χ2n) is 15.3. The zero-order valence-electron chi connectivity index (χ0n) is 32.9. The molecular weight excluding hydrogens is 749 g/mol. The highest BCUT2D eigenvalue weighted by atomic mass is 16.7. The first kappa shape index (κ1) is 39.8. The molecule has 5 atom stereocenters. The number of ether oxygens (including phenoxy) is 3. The minimum Gasteiger partial charge on any atom is -0.445 e. The van der Waals surface area contributed by atoms with Crippen molar-refractivity contribution in [2.45, 2.75) is 57.6 Å². The molecule has 13 heteroatoms. The summed E-state index contributed by atoms with van der Waals surface area (Å²) in [5, 5.41) is 12.2. The van der Waals surface area contributed by atoms with E-state index in [2.05, 4.69) is 32.0 Å². The molecule has 1 unspecified atom stereocenters. The van der Waals surface area contributed by atoms with Gasteiger partial charge in [-0.2, -0.15) is 0 Å². The molecule has 304 valence electrons. The van der Waals surface area contributed by atoms with E-state index < -0.39 is 24.3 Å². The van der Waals surface area contributed by atoms with E-state index in [1.54, 1.807) is 12.4 Å². The van der Waals surface area contributed by atoms with E-state index in [4.69, 9.17) is 14.2 Å². The number of carbonyl (C=O) groups is 3. The number of piperazine rings is 1. The monoisotopic (exact) mass is 796 g/mol. The summed E-state index contributed by atoms with van der Waals surface area (Å²) in [5.74, 6) is -0.0152. The van der Waals surface area contributed by atoms with Crippen molar-refractivity contribution < 1.29 is 33.7 Å². The fraction of sp³-hybridized carbons (Fsp3) is 0.326. The summed E-state index contributed by atoms with van der Waals surface area (Å²) >= 11 is 0. The summed E-state index contributed by atoms with van der Waals surface area (Å²) in [6.45, 7) is 6.43. The standard InChI is InChI=1S/C46H48N6O7/c1-31-40(28-50-21-23-51(24-22-50)45-47-19-6-20-48-45)58-44(59-42(31)36-13-11-32(29-53)12-14-36)37-17-15-35(16-18-37)38-10-5-9-34(25-38)27-52-41(54)26-39(43(52)55)49-46(56)57-30-33-7-3-2-4-8-33/h2-20,25,31,39-40,42,44,53H,21-24,26-30H2,1H3,(H,49,56)/t31-,39?,40+,42+,44+/m0/s1. The van der Waals surface area contributed by atoms with Gasteiger partial charge in [-0.25, -0.2) is 14.8 Å². The molecule has 1 aromatic heterocycles. The lowest BCUT2D eigenvalue weighted by Gasteiger charge is -2.44. The van der Waals surface area contributed by atoms with Gasteiger partial charge < -0.3 is 29.5 Å². The maximum atomic E-state index is 13.2. The smallest absolute Gasteiger partial charge is 0.408 e. The Morgan fingerprint density at radius 1 is 0.797 bits per heavy atom. The van der Waals surface area contributed by atoms with Crippen LogP contribution in [0.5, 0.6) is 0 Å². The molecule has 3 aliphatic heterocycles. The molecule has 5 aromatic rings. The maximum absolute atomic E-state index is 13.2. The molecule has 0 saturated carbocycles. The number of alkyl carbamates (subject to hydrolysis) is 1. The Morgan fingerprint density at radius 2 is 1.51 bits per heavy atom. The zero-order chi connectivity index (χ0) is 40.7. The third-order valence-corrected chi connectivity index (χ3v) is 11.3. The van der Waals surface area contributed by atoms with E-state index in [1.165, 1.54) is 4.90 Å². The van der Waals surface area contributed by atoms with Crippen molar-refractivity contribution >= 4 is 23.9 Å². The number of aliphatic hydroxyl groups excluding tert-OH is 1. The van der Waals surface area contributed by atoms with Gasteiger partial charge in [-0.1, -0.05) is 104 Å². The van der Waals surface area contributed by atoms with Crippen molar-refractivity contribution in [1.29, 1.82) is 0 Å². The number of hydrogen-bond acceptors (Lipinski definition) is 11. The summed E-state index contributed by atoms with van der Waals surface area (Å²) < 4.78 is 18.8. The van der Waals surface area contributed by atoms with Gasteiger partial charge in [-0.3, -0.25) is 19.4 Å². The van der Waals surface area contributed by atoms with Gasteiger partial charge in [0.15, 0.2) is 6.29 Å². The van der Waals surface area contributed by atoms with Gasteiger partial charge in [0, 0.05) is 56.6 Å². The fourth-order valence-electron chi connectivity index (χ4n) is 7.90. The Morgan fingerprint density at radius 3 is 2.24 bits per heavy atom. The lowest BCUT2D eigenvalue weighted by atomic mass is 9.89. The number of nitrogens with one attached hydrogen (secondary N) is 1. The van der Waals surface area contributed by atoms with Gasteiger partial charge >= 0.3 is 6.09 Å². The van der Waals surface area contributed by atoms with Crippen LogP contribution in [0.1, 0.15) is 53.6 Å². The normalized spacial score (nSPS) is 22.4. The summed E-state index contributed by atoms with van der Waals surface area (Å²) in [5.41, 5.74) is 6.24. The van der Waals surface area contributed by atoms with E-state index in [0.29, 0.717) is 0 Å². The summed E-state index contributed by atoms with van der Waals surface area (Å²) in [6, 6.07) is 33.8. The van der Waals surface area contributed by atoms with Crippen molar-refractivity contribution in [3.05, 3.63) is 149 Å². The molecule has 0 radical (unpaired) electrons. The van der Waals surface area contributed by atoms with E-state index >= 15 is 0 Å². The molecule has 0 bridgehead atoms. The molecule has 4 aromatic carbocycles. The minimum absolute atomic E-state index is 0.0225. The highest BCUT2D eigenvalue weighted by Crippen LogP contribution is 2.42. The first-order valence-corrected chi connectivity index (χ1v) is 20.1. The molecule has 8 rings (SSSR count). The first-order chi connectivity index (χ1) is 28.8. The van der Waals surface area contributed by atoms with Gasteiger partial charge in [0.2, 0.25) is 11.9 Å². The third-order valence-electron chi connectivity index (χ3n) is 11.3. The van der Waals surface area contributed by atoms with Gasteiger partial charge in [0.25, 0.3) is 5.91 Å². The summed E-state index contributed by atoms with van der Waals surface area (Å²) in [7, 11) is 0. The summed E-state index contributed by atoms with van der Waals surface area (Å²) in [6.07, 6.45) is 1.72. The van der Waals surface area contributed by atoms with Gasteiger partial charge in [-0.15, -0.1) is 0 Å². The molecule has 3 amide bonds. The number of carbonyl (C=O) groups excluding carboxylic acids is 3. The first-order valence-electron chi connectivity index (χ1n) is 20.1. The number of benzene rings is 4. The number of nitrogens with zero attached hydrogens (tertiary/aromatic N) is 5. The van der Waals surface area contributed by atoms with Crippen LogP contribution in [0.4, 0.5) is 10.7 Å². The topological polar surface area (TPSA) is 147 Å². The largest absolute Gasteiger partial charge is 0.445 e. The van der Waals surface area contributed by atoms with Gasteiger partial charge in [-0.05, 0) is 45.5 Å². The molecule has 3 saturated heterocycles. The Labute approximate surface area is 343 Å². The fourth-order valence-corrected chi connectivity index (χ4v) is 7.90. The molecule has 2 N–H and O–H groups in total. The lowest BCUT2D eigenvalue weighted by Crippen LogP contribution is -2.51. The molecule has 0 aliphatic carbocycles. The van der Waals surface area contributed by atoms with Crippen LogP contribution in [0.25, 0.3) is 11.1 Å². The van der Waals surface area contributed by atoms with Crippen molar-refractivity contribution in [2.24, 2.45) is 5.92 Å². The van der Waals surface area contributed by atoms with E-state index in [0.717, 1.165) is 77.6 Å². The summed E-state index contributed by atoms with van der Waals surface area (Å²) in [4.78, 5) is 53.3. The second kappa shape index (κ2) is 18.3. The molecule has 59 heavy (non-hydrogen) atoms. The van der Waals surface area contributed by atoms with Crippen LogP contribution in [0.15, 0.2) is 122 Å². The number of aromatic nitrogens is 2. The molecular formula is C46H48N6O7. The highest BCUT2D eigenvalue weighted by Gasteiger charge is 2.41. The predicted octanol–water partition coefficient (Wildman–Crippen LogP) is 5.80. The number of aliphatic hydroxyl groups is 1. The lowest BCUT2D eigenvalue weighted by molar-refractivity contribution is -0.276. The average Bonchev–Trinajstić information content (AvgIpc) is 3.54. The molecule has 4 heterocycles. The second-order valence-corrected chi connectivity index (χ2v) is 15.3. The van der Waals surface area contributed by atoms with Crippen LogP contribution >= 0.6 is 0 Å². The van der Waals surface area contributed by atoms with Crippen LogP contribution in [-0.2, 0) is 43.6 Å². The van der Waals surface area contributed by atoms with Gasteiger partial charge in [0.1, 0.15) is 12.6 Å². The van der Waals surface area contributed by atoms with Gasteiger partial charge in [0.05, 0.1) is 31.8 Å². The molecule has 3 aliphatic rings. The van der Waals surface area contributed by atoms with Crippen LogP contribution in [-0.4, -0.2) is 87.7 Å². The number of rotatable bonds is 12. The van der Waals surface area contributed by atoms with Crippen LogP contribution in [0, 0.1) is 5.92 Å². The number of imide groups is 1. The predicted molar refractivity (Wildman–Crippen MR) is 219 cm³/mol. The van der Waals surface area contributed by atoms with Crippen molar-refractivity contribution in [3.63, 3.8) is 0 Å². The number of amides is 3. The van der Waals surface area contributed by atoms with E-state index in [-0.39, 0.29) is 50.2 Å². The minimum atomic E-state index is -0.979. The SMILES string of the molecule is C[C@H]1[C@@H](CN2CCN(c3ncccn3)CC2)O[C@@H](c2ccc(-c3cccc(CN4C(=O)CC(NC(=O)OCc5ccccc5)C4=O)c3)cc2)O[C@H]1c1ccc(CO)cc1. The van der Waals surface area contributed by atoms with Crippen LogP contribution < -0.4 is 10.2 Å². The number of anilines is 1. The third kappa shape index (κ3) is 9.50. The molecule has 13 nitrogen and oxygen atoms in total. The molecule has 3 fully saturated rings. The van der Waals surface area contributed by atoms with Crippen LogP contribution in [0.3, 0.4) is 0 Å². The Kier molecular flexibility index (Phi) is 12.3. The highest BCUT2D eigenvalue weighted by molar-refractivity contribution is 6.06. The van der Waals surface area contributed by atoms with E-state index in [1.807, 2.05) is 109 Å². The van der Waals surface area contributed by atoms with Crippen molar-refractivity contribution in [3.8, 4) is 11.1 Å². The maximum Gasteiger partial charge on any atom is 0.408 e.